The Hall–Kier alpha value is -6.14. The molecule has 2 heterocycles. The van der Waals surface area contributed by atoms with E-state index in [2.05, 4.69) is 16.0 Å². The third-order valence-corrected chi connectivity index (χ3v) is 18.1. The third-order valence-electron chi connectivity index (χ3n) is 18.1. The highest BCUT2D eigenvalue weighted by atomic mass is 16.6. The molecule has 0 aliphatic carbocycles. The first-order valence-electron chi connectivity index (χ1n) is 47.4. The number of esters is 1. The summed E-state index contributed by atoms with van der Waals surface area (Å²) in [7, 11) is 0. The first kappa shape index (κ1) is 125. The van der Waals surface area contributed by atoms with Crippen molar-refractivity contribution < 1.29 is 185 Å². The van der Waals surface area contributed by atoms with E-state index in [-0.39, 0.29) is 125 Å². The molecule has 0 fully saturated rings. The van der Waals surface area contributed by atoms with Crippen molar-refractivity contribution in [1.82, 2.24) is 25.8 Å². The number of hydrogen-bond donors (Lipinski definition) is 3. The summed E-state index contributed by atoms with van der Waals surface area (Å²) in [4.78, 5) is 123. The summed E-state index contributed by atoms with van der Waals surface area (Å²) in [5.41, 5.74) is -0.537. The molecule has 0 saturated carbocycles. The first-order valence-corrected chi connectivity index (χ1v) is 47.4. The SMILES string of the molecule is CC(C)(C)OC(=O)CCOCCOCCOCCOCCCC(=O)[C@H](CCCCNC(=O)CCOCCOCCOCCOCCOCCOCCOCCOCCOCCOCCOCCOCCNC(=O)CCN1C(=O)C=CC1=O)NC(=O)CCOCCOCCOCCOCCOCCOCCOCCOCCOCCOCCOCCOCCCC(=O)CCN1C(=O)C=CC1=O. The topological polar surface area (TPSA) is 481 Å². The molecule has 2 rings (SSSR count). The average molecular weight is 1950 g/mol. The monoisotopic (exact) mass is 1950 g/mol. The Labute approximate surface area is 796 Å². The molecule has 0 unspecified atom stereocenters. The van der Waals surface area contributed by atoms with Crippen LogP contribution in [-0.2, 0) is 185 Å². The van der Waals surface area contributed by atoms with Crippen LogP contribution in [0.4, 0.5) is 0 Å². The number of ketones is 2. The van der Waals surface area contributed by atoms with Crippen molar-refractivity contribution in [3.05, 3.63) is 24.3 Å². The lowest BCUT2D eigenvalue weighted by molar-refractivity contribution is -0.156. The summed E-state index contributed by atoms with van der Waals surface area (Å²) in [6.45, 7) is 28.0. The number of nitrogens with one attached hydrogen (secondary N) is 3. The molecule has 784 valence electrons. The molecule has 0 aromatic carbocycles. The lowest BCUT2D eigenvalue weighted by atomic mass is 10.0. The molecule has 0 radical (unpaired) electrons. The summed E-state index contributed by atoms with van der Waals surface area (Å²) >= 11 is 0. The van der Waals surface area contributed by atoms with E-state index < -0.39 is 23.5 Å². The van der Waals surface area contributed by atoms with Crippen LogP contribution in [0.5, 0.6) is 0 Å². The van der Waals surface area contributed by atoms with E-state index in [1.807, 2.05) is 20.8 Å². The van der Waals surface area contributed by atoms with Crippen LogP contribution >= 0.6 is 0 Å². The number of ether oxygens (including phenoxy) is 29. The van der Waals surface area contributed by atoms with Gasteiger partial charge in [-0.3, -0.25) is 57.7 Å². The van der Waals surface area contributed by atoms with Gasteiger partial charge in [-0.05, 0) is 52.9 Å². The third kappa shape index (κ3) is 86.7. The van der Waals surface area contributed by atoms with Crippen molar-refractivity contribution in [3.8, 4) is 0 Å². The maximum Gasteiger partial charge on any atom is 0.308 e. The van der Waals surface area contributed by atoms with Gasteiger partial charge in [-0.15, -0.1) is 0 Å². The molecule has 0 bridgehead atoms. The molecule has 0 aromatic heterocycles. The largest absolute Gasteiger partial charge is 0.460 e. The standard InChI is InChI=1S/C91H161N5O39/c1-91(2,3)135-90(106)19-28-111-34-40-117-44-42-114-37-31-108-25-7-10-82(98)81(94-85(101)18-27-110-33-39-116-46-50-121-54-58-125-62-66-129-70-74-133-77-76-131-72-68-127-64-60-123-56-52-119-48-43-113-36-30-107-24-6-8-80(97)15-22-95-86(102)11-12-87(95)103)9-4-5-20-92-84(100)17-26-109-32-38-115-45-49-120-53-57-124-61-65-128-69-73-132-78-79-134-75-71-130-67-63-126-59-55-122-51-47-118-41-35-112-29-21-93-83(99)16-23-96-88(104)13-14-89(96)105/h11-14,81H,4-10,15-79H2,1-3H3,(H,92,100)(H,93,99)(H,94,101)/t81-/m0/s1. The first-order chi connectivity index (χ1) is 66.1. The Morgan fingerprint density at radius 2 is 0.474 bits per heavy atom. The maximum atomic E-state index is 13.5. The highest BCUT2D eigenvalue weighted by molar-refractivity contribution is 6.13. The predicted molar refractivity (Wildman–Crippen MR) is 484 cm³/mol. The van der Waals surface area contributed by atoms with Crippen molar-refractivity contribution in [2.75, 3.05) is 396 Å². The highest BCUT2D eigenvalue weighted by Crippen LogP contribution is 2.12. The average Bonchev–Trinajstić information content (AvgIpc) is 1.74. The number of unbranched alkanes of at least 4 members (excludes halogenated alkanes) is 1. The van der Waals surface area contributed by atoms with Gasteiger partial charge in [0.05, 0.1) is 369 Å². The van der Waals surface area contributed by atoms with Gasteiger partial charge in [0, 0.05) is 102 Å². The molecule has 2 aliphatic rings. The zero-order chi connectivity index (χ0) is 97.4. The second kappa shape index (κ2) is 95.4. The van der Waals surface area contributed by atoms with Gasteiger partial charge >= 0.3 is 5.97 Å². The molecule has 0 saturated heterocycles. The van der Waals surface area contributed by atoms with Crippen molar-refractivity contribution >= 4 is 58.9 Å². The summed E-state index contributed by atoms with van der Waals surface area (Å²) in [5.74, 6) is -2.80. The van der Waals surface area contributed by atoms with E-state index in [4.69, 9.17) is 137 Å². The van der Waals surface area contributed by atoms with Crippen molar-refractivity contribution in [3.63, 3.8) is 0 Å². The van der Waals surface area contributed by atoms with Gasteiger partial charge in [-0.25, -0.2) is 0 Å². The Bertz CT molecular complexity index is 2910. The molecule has 3 N–H and O–H groups in total. The second-order valence-corrected chi connectivity index (χ2v) is 30.3. The summed E-state index contributed by atoms with van der Waals surface area (Å²) in [5, 5.41) is 8.47. The molecule has 135 heavy (non-hydrogen) atoms. The lowest BCUT2D eigenvalue weighted by Crippen LogP contribution is -2.41. The Morgan fingerprint density at radius 1 is 0.244 bits per heavy atom. The van der Waals surface area contributed by atoms with E-state index >= 15 is 0 Å². The highest BCUT2D eigenvalue weighted by Gasteiger charge is 2.26. The fraction of sp³-hybridized carbons (Fsp3) is 0.846. The maximum absolute atomic E-state index is 13.5. The van der Waals surface area contributed by atoms with Gasteiger partial charge in [-0.1, -0.05) is 0 Å². The van der Waals surface area contributed by atoms with E-state index in [9.17, 15) is 47.9 Å². The van der Waals surface area contributed by atoms with Crippen LogP contribution in [0.2, 0.25) is 0 Å². The zero-order valence-electron chi connectivity index (χ0n) is 80.6. The van der Waals surface area contributed by atoms with Crippen LogP contribution in [0.3, 0.4) is 0 Å². The predicted octanol–water partition coefficient (Wildman–Crippen LogP) is 1.18. The van der Waals surface area contributed by atoms with Crippen LogP contribution in [0.1, 0.15) is 97.8 Å². The molecular formula is C91H161N5O39. The number of Topliss-reactive ketones (excluding diaryl/α,β-unsaturated/α-hetero) is 2. The van der Waals surface area contributed by atoms with Crippen molar-refractivity contribution in [2.24, 2.45) is 0 Å². The minimum atomic E-state index is -0.723. The van der Waals surface area contributed by atoms with E-state index in [0.29, 0.717) is 395 Å². The van der Waals surface area contributed by atoms with Crippen LogP contribution in [0.25, 0.3) is 0 Å². The van der Waals surface area contributed by atoms with Crippen LogP contribution in [0, 0.1) is 0 Å². The zero-order valence-corrected chi connectivity index (χ0v) is 80.6. The minimum Gasteiger partial charge on any atom is -0.460 e. The van der Waals surface area contributed by atoms with Gasteiger partial charge in [-0.2, -0.15) is 0 Å². The van der Waals surface area contributed by atoms with Gasteiger partial charge in [0.1, 0.15) is 11.4 Å². The van der Waals surface area contributed by atoms with Crippen LogP contribution in [-0.4, -0.2) is 476 Å². The Balaban J connectivity index is 1.38. The molecule has 44 nitrogen and oxygen atoms in total. The number of carbonyl (C=O) groups excluding carboxylic acids is 10. The number of hydrogen-bond acceptors (Lipinski definition) is 39. The van der Waals surface area contributed by atoms with Gasteiger partial charge in [0.25, 0.3) is 23.6 Å². The van der Waals surface area contributed by atoms with Crippen LogP contribution < -0.4 is 16.0 Å². The van der Waals surface area contributed by atoms with Crippen molar-refractivity contribution in [2.45, 2.75) is 109 Å². The van der Waals surface area contributed by atoms with Crippen LogP contribution in [0.15, 0.2) is 24.3 Å². The molecule has 1 atom stereocenters. The Morgan fingerprint density at radius 3 is 0.763 bits per heavy atom. The fourth-order valence-corrected chi connectivity index (χ4v) is 11.2. The normalized spacial score (nSPS) is 13.0. The minimum absolute atomic E-state index is 0.0210. The van der Waals surface area contributed by atoms with E-state index in [0.717, 1.165) is 9.80 Å². The van der Waals surface area contributed by atoms with Gasteiger partial charge in [0.15, 0.2) is 5.78 Å². The summed E-state index contributed by atoms with van der Waals surface area (Å²) < 4.78 is 160. The molecule has 0 spiro atoms. The lowest BCUT2D eigenvalue weighted by Gasteiger charge is -2.19. The number of rotatable bonds is 108. The molecular weight excluding hydrogens is 1790 g/mol. The van der Waals surface area contributed by atoms with Crippen molar-refractivity contribution in [1.29, 1.82) is 0 Å². The second-order valence-electron chi connectivity index (χ2n) is 30.3. The van der Waals surface area contributed by atoms with E-state index in [1.54, 1.807) is 0 Å². The molecule has 2 aliphatic heterocycles. The van der Waals surface area contributed by atoms with E-state index in [1.165, 1.54) is 24.3 Å². The molecule has 7 amide bonds. The van der Waals surface area contributed by atoms with Gasteiger partial charge in [0.2, 0.25) is 17.7 Å². The smallest absolute Gasteiger partial charge is 0.308 e. The summed E-state index contributed by atoms with van der Waals surface area (Å²) in [6.07, 6.45) is 8.42. The Kier molecular flexibility index (Phi) is 88.3. The quantitative estimate of drug-likeness (QED) is 0.0437. The molecule has 44 heteroatoms. The summed E-state index contributed by atoms with van der Waals surface area (Å²) in [6, 6.07) is -0.723. The number of nitrogens with zero attached hydrogens (tertiary/aromatic N) is 2. The van der Waals surface area contributed by atoms with Gasteiger partial charge < -0.3 is 153 Å². The number of imide groups is 2. The number of carbonyl (C=O) groups is 10. The number of amides is 7. The fourth-order valence-electron chi connectivity index (χ4n) is 11.2. The molecule has 0 aromatic rings.